The molecule has 6 heteroatoms. The van der Waals surface area contributed by atoms with Gasteiger partial charge < -0.3 is 14.7 Å². The molecule has 1 N–H and O–H groups in total. The number of piperidine rings is 1. The standard InChI is InChI=1S/C17H25N3O2S/c21-16(13-22-14-17-3-1-10-23-17)12-19-8-4-15(5-9-19)11-20-7-2-6-18-20/h1-3,6-7,10,15-16,21H,4-5,8-9,11-14H2/t16-/m0/s1. The van der Waals surface area contributed by atoms with Crippen LogP contribution in [-0.4, -0.2) is 52.1 Å². The van der Waals surface area contributed by atoms with Gasteiger partial charge in [-0.05, 0) is 49.4 Å². The van der Waals surface area contributed by atoms with Crippen LogP contribution in [0.3, 0.4) is 0 Å². The van der Waals surface area contributed by atoms with Gasteiger partial charge in [0.15, 0.2) is 0 Å². The van der Waals surface area contributed by atoms with Gasteiger partial charge in [0.2, 0.25) is 0 Å². The van der Waals surface area contributed by atoms with Crippen molar-refractivity contribution in [3.8, 4) is 0 Å². The lowest BCUT2D eigenvalue weighted by Crippen LogP contribution is -2.41. The third-order valence-electron chi connectivity index (χ3n) is 4.32. The highest BCUT2D eigenvalue weighted by molar-refractivity contribution is 7.09. The number of hydrogen-bond donors (Lipinski definition) is 1. The van der Waals surface area contributed by atoms with Gasteiger partial charge in [-0.3, -0.25) is 4.68 Å². The van der Waals surface area contributed by atoms with Gasteiger partial charge in [0.1, 0.15) is 0 Å². The molecule has 1 atom stereocenters. The van der Waals surface area contributed by atoms with E-state index in [-0.39, 0.29) is 0 Å². The molecular formula is C17H25N3O2S. The summed E-state index contributed by atoms with van der Waals surface area (Å²) in [5.41, 5.74) is 0. The molecule has 2 aromatic heterocycles. The number of aliphatic hydroxyl groups excluding tert-OH is 1. The van der Waals surface area contributed by atoms with Crippen LogP contribution in [0.4, 0.5) is 0 Å². The molecule has 1 fully saturated rings. The van der Waals surface area contributed by atoms with Gasteiger partial charge in [-0.15, -0.1) is 11.3 Å². The Hall–Kier alpha value is -1.21. The summed E-state index contributed by atoms with van der Waals surface area (Å²) < 4.78 is 7.62. The maximum Gasteiger partial charge on any atom is 0.0900 e. The summed E-state index contributed by atoms with van der Waals surface area (Å²) in [4.78, 5) is 3.55. The zero-order valence-corrected chi connectivity index (χ0v) is 14.2. The first kappa shape index (κ1) is 16.6. The molecule has 0 bridgehead atoms. The van der Waals surface area contributed by atoms with Crippen molar-refractivity contribution in [3.63, 3.8) is 0 Å². The van der Waals surface area contributed by atoms with Crippen molar-refractivity contribution in [2.45, 2.75) is 32.1 Å². The van der Waals surface area contributed by atoms with Gasteiger partial charge in [-0.25, -0.2) is 0 Å². The lowest BCUT2D eigenvalue weighted by molar-refractivity contribution is 0.00463. The smallest absolute Gasteiger partial charge is 0.0900 e. The van der Waals surface area contributed by atoms with Crippen molar-refractivity contribution in [1.82, 2.24) is 14.7 Å². The van der Waals surface area contributed by atoms with Crippen LogP contribution in [0.15, 0.2) is 36.0 Å². The first-order valence-electron chi connectivity index (χ1n) is 8.27. The third kappa shape index (κ3) is 5.42. The van der Waals surface area contributed by atoms with Crippen molar-refractivity contribution in [3.05, 3.63) is 40.8 Å². The first-order valence-corrected chi connectivity index (χ1v) is 9.15. The number of hydrogen-bond acceptors (Lipinski definition) is 5. The van der Waals surface area contributed by atoms with Crippen LogP contribution in [-0.2, 0) is 17.9 Å². The maximum absolute atomic E-state index is 10.1. The van der Waals surface area contributed by atoms with Crippen molar-refractivity contribution in [2.24, 2.45) is 5.92 Å². The van der Waals surface area contributed by atoms with E-state index < -0.39 is 6.10 Å². The van der Waals surface area contributed by atoms with Crippen LogP contribution in [0.2, 0.25) is 0 Å². The Morgan fingerprint density at radius 2 is 2.22 bits per heavy atom. The molecule has 2 aromatic rings. The molecule has 23 heavy (non-hydrogen) atoms. The molecule has 1 aliphatic heterocycles. The van der Waals surface area contributed by atoms with E-state index in [0.717, 1.165) is 19.6 Å². The Labute approximate surface area is 141 Å². The summed E-state index contributed by atoms with van der Waals surface area (Å²) in [6.07, 6.45) is 5.80. The Bertz CT molecular complexity index is 536. The summed E-state index contributed by atoms with van der Waals surface area (Å²) in [5.74, 6) is 0.693. The fourth-order valence-electron chi connectivity index (χ4n) is 3.07. The summed E-state index contributed by atoms with van der Waals surface area (Å²) >= 11 is 1.69. The fraction of sp³-hybridized carbons (Fsp3) is 0.588. The van der Waals surface area contributed by atoms with E-state index in [1.54, 1.807) is 11.3 Å². The normalized spacial score (nSPS) is 18.3. The highest BCUT2D eigenvalue weighted by Crippen LogP contribution is 2.19. The Kier molecular flexibility index (Phi) is 6.21. The van der Waals surface area contributed by atoms with E-state index in [9.17, 15) is 5.11 Å². The summed E-state index contributed by atoms with van der Waals surface area (Å²) in [6.45, 7) is 4.82. The van der Waals surface area contributed by atoms with Crippen molar-refractivity contribution >= 4 is 11.3 Å². The minimum Gasteiger partial charge on any atom is -0.389 e. The molecule has 3 rings (SSSR count). The maximum atomic E-state index is 10.1. The number of thiophene rings is 1. The lowest BCUT2D eigenvalue weighted by atomic mass is 9.96. The molecule has 0 aliphatic carbocycles. The second kappa shape index (κ2) is 8.59. The van der Waals surface area contributed by atoms with Crippen molar-refractivity contribution in [1.29, 1.82) is 0 Å². The predicted octanol–water partition coefficient (Wildman–Crippen LogP) is 2.23. The Morgan fingerprint density at radius 1 is 1.35 bits per heavy atom. The van der Waals surface area contributed by atoms with Gasteiger partial charge in [0.25, 0.3) is 0 Å². The average Bonchev–Trinajstić information content (AvgIpc) is 3.23. The molecule has 0 saturated carbocycles. The topological polar surface area (TPSA) is 50.5 Å². The largest absolute Gasteiger partial charge is 0.389 e. The Balaban J connectivity index is 1.30. The second-order valence-corrected chi connectivity index (χ2v) is 7.25. The number of β-amino-alcohol motifs (C(OH)–C–C–N with tert-alkyl or cyclic N) is 1. The molecule has 0 aromatic carbocycles. The van der Waals surface area contributed by atoms with E-state index in [1.165, 1.54) is 17.7 Å². The van der Waals surface area contributed by atoms with E-state index in [0.29, 0.717) is 25.7 Å². The zero-order chi connectivity index (χ0) is 15.9. The molecule has 0 radical (unpaired) electrons. The summed E-state index contributed by atoms with van der Waals surface area (Å²) in [5, 5.41) is 16.5. The van der Waals surface area contributed by atoms with Crippen LogP contribution >= 0.6 is 11.3 Å². The van der Waals surface area contributed by atoms with Gasteiger partial charge in [-0.2, -0.15) is 5.10 Å². The van der Waals surface area contributed by atoms with E-state index in [2.05, 4.69) is 16.1 Å². The van der Waals surface area contributed by atoms with E-state index in [1.807, 2.05) is 34.6 Å². The molecule has 5 nitrogen and oxygen atoms in total. The summed E-state index contributed by atoms with van der Waals surface area (Å²) in [7, 11) is 0. The molecule has 1 aliphatic rings. The monoisotopic (exact) mass is 335 g/mol. The molecule has 1 saturated heterocycles. The number of aliphatic hydroxyl groups is 1. The minimum atomic E-state index is -0.405. The highest BCUT2D eigenvalue weighted by atomic mass is 32.1. The summed E-state index contributed by atoms with van der Waals surface area (Å²) in [6, 6.07) is 6.05. The Morgan fingerprint density at radius 3 is 2.91 bits per heavy atom. The minimum absolute atomic E-state index is 0.405. The van der Waals surface area contributed by atoms with E-state index >= 15 is 0 Å². The zero-order valence-electron chi connectivity index (χ0n) is 13.4. The highest BCUT2D eigenvalue weighted by Gasteiger charge is 2.21. The van der Waals surface area contributed by atoms with Gasteiger partial charge in [0.05, 0.1) is 19.3 Å². The molecule has 0 amide bonds. The fourth-order valence-corrected chi connectivity index (χ4v) is 3.71. The van der Waals surface area contributed by atoms with Crippen LogP contribution < -0.4 is 0 Å². The van der Waals surface area contributed by atoms with E-state index in [4.69, 9.17) is 4.74 Å². The van der Waals surface area contributed by atoms with Gasteiger partial charge >= 0.3 is 0 Å². The average molecular weight is 335 g/mol. The quantitative estimate of drug-likeness (QED) is 0.804. The van der Waals surface area contributed by atoms with Gasteiger partial charge in [0, 0.05) is 30.4 Å². The number of aromatic nitrogens is 2. The molecule has 0 unspecified atom stereocenters. The van der Waals surface area contributed by atoms with Crippen LogP contribution in [0.1, 0.15) is 17.7 Å². The lowest BCUT2D eigenvalue weighted by Gasteiger charge is -2.33. The number of ether oxygens (including phenoxy) is 1. The van der Waals surface area contributed by atoms with Crippen LogP contribution in [0.5, 0.6) is 0 Å². The molecule has 3 heterocycles. The number of rotatable bonds is 8. The number of nitrogens with zero attached hydrogens (tertiary/aromatic N) is 3. The first-order chi connectivity index (χ1) is 11.3. The van der Waals surface area contributed by atoms with Crippen LogP contribution in [0, 0.1) is 5.92 Å². The molecule has 126 valence electrons. The van der Waals surface area contributed by atoms with Crippen molar-refractivity contribution < 1.29 is 9.84 Å². The second-order valence-electron chi connectivity index (χ2n) is 6.22. The van der Waals surface area contributed by atoms with Crippen LogP contribution in [0.25, 0.3) is 0 Å². The third-order valence-corrected chi connectivity index (χ3v) is 5.17. The number of likely N-dealkylation sites (tertiary alicyclic amines) is 1. The molecular weight excluding hydrogens is 310 g/mol. The van der Waals surface area contributed by atoms with Gasteiger partial charge in [-0.1, -0.05) is 6.07 Å². The SMILES string of the molecule is O[C@H](COCc1cccs1)CN1CCC(Cn2cccn2)CC1. The molecule has 0 spiro atoms. The predicted molar refractivity (Wildman–Crippen MR) is 91.4 cm³/mol. The van der Waals surface area contributed by atoms with Crippen molar-refractivity contribution in [2.75, 3.05) is 26.2 Å².